The van der Waals surface area contributed by atoms with E-state index in [0.717, 1.165) is 5.75 Å². The minimum Gasteiger partial charge on any atom is -0.444 e. The Morgan fingerprint density at radius 1 is 1.28 bits per heavy atom. The number of thioether (sulfide) groups is 1. The van der Waals surface area contributed by atoms with E-state index in [0.29, 0.717) is 62.7 Å². The molecule has 0 bridgehead atoms. The van der Waals surface area contributed by atoms with Crippen LogP contribution in [-0.2, 0) is 14.3 Å². The van der Waals surface area contributed by atoms with Gasteiger partial charge in [-0.3, -0.25) is 9.69 Å². The van der Waals surface area contributed by atoms with Crippen LogP contribution in [0.4, 0.5) is 20.6 Å². The second-order valence-electron chi connectivity index (χ2n) is 8.07. The quantitative estimate of drug-likeness (QED) is 0.596. The Morgan fingerprint density at radius 2 is 2.00 bits per heavy atom. The average Bonchev–Trinajstić information content (AvgIpc) is 3.16. The van der Waals surface area contributed by atoms with E-state index in [2.05, 4.69) is 0 Å². The number of amides is 2. The number of benzene rings is 1. The molecule has 2 atom stereocenters. The number of anilines is 2. The summed E-state index contributed by atoms with van der Waals surface area (Å²) in [6, 6.07) is 4.17. The molecule has 0 aliphatic carbocycles. The zero-order valence-electron chi connectivity index (χ0n) is 18.6. The molecule has 0 radical (unpaired) electrons. The van der Waals surface area contributed by atoms with Gasteiger partial charge in [0.15, 0.2) is 0 Å². The van der Waals surface area contributed by atoms with Crippen molar-refractivity contribution in [1.29, 1.82) is 0 Å². The van der Waals surface area contributed by atoms with Crippen LogP contribution >= 0.6 is 11.8 Å². The van der Waals surface area contributed by atoms with Gasteiger partial charge in [-0.25, -0.2) is 9.18 Å². The molecule has 176 valence electrons. The molecule has 0 spiro atoms. The largest absolute Gasteiger partial charge is 0.444 e. The van der Waals surface area contributed by atoms with Crippen LogP contribution in [0.25, 0.3) is 0 Å². The molecular weight excluding hydrogens is 435 g/mol. The number of rotatable bonds is 9. The number of Topliss-reactive ketones (excluding diaryl/α,β-unsaturated/α-hetero) is 1. The lowest BCUT2D eigenvalue weighted by Gasteiger charge is -2.37. The van der Waals surface area contributed by atoms with Crippen molar-refractivity contribution in [3.8, 4) is 0 Å². The molecule has 2 N–H and O–H groups in total. The zero-order valence-corrected chi connectivity index (χ0v) is 19.4. The first kappa shape index (κ1) is 24.3. The number of carbonyl (C=O) groups is 3. The lowest BCUT2D eigenvalue weighted by atomic mass is 10.1. The zero-order chi connectivity index (χ0) is 23.3. The van der Waals surface area contributed by atoms with Gasteiger partial charge in [0.1, 0.15) is 17.7 Å². The second kappa shape index (κ2) is 11.0. The Kier molecular flexibility index (Phi) is 8.36. The maximum atomic E-state index is 14.9. The summed E-state index contributed by atoms with van der Waals surface area (Å²) in [5, 5.41) is 0. The number of nitrogens with zero attached hydrogens (tertiary/aromatic N) is 3. The summed E-state index contributed by atoms with van der Waals surface area (Å²) >= 11 is 1.64. The molecule has 8 nitrogen and oxygen atoms in total. The van der Waals surface area contributed by atoms with Crippen LogP contribution in [0.15, 0.2) is 18.2 Å². The van der Waals surface area contributed by atoms with Gasteiger partial charge in [-0.1, -0.05) is 6.92 Å². The predicted molar refractivity (Wildman–Crippen MR) is 124 cm³/mol. The van der Waals surface area contributed by atoms with Gasteiger partial charge in [-0.05, 0) is 37.3 Å². The van der Waals surface area contributed by atoms with Gasteiger partial charge < -0.3 is 25.1 Å². The number of nitrogens with two attached hydrogens (primary N) is 1. The number of piperazine rings is 1. The fourth-order valence-electron chi connectivity index (χ4n) is 3.89. The van der Waals surface area contributed by atoms with Gasteiger partial charge in [0, 0.05) is 38.4 Å². The Labute approximate surface area is 192 Å². The molecule has 0 aromatic heterocycles. The van der Waals surface area contributed by atoms with Crippen molar-refractivity contribution in [2.45, 2.75) is 38.8 Å². The van der Waals surface area contributed by atoms with E-state index < -0.39 is 18.0 Å². The number of carbonyl (C=O) groups excluding carboxylic acids is 3. The highest BCUT2D eigenvalue weighted by Gasteiger charge is 2.33. The Hall–Kier alpha value is -2.33. The molecule has 2 amide bonds. The van der Waals surface area contributed by atoms with Gasteiger partial charge in [0.05, 0.1) is 24.0 Å². The number of hydrogen-bond donors (Lipinski definition) is 1. The van der Waals surface area contributed by atoms with Crippen LogP contribution in [0.3, 0.4) is 0 Å². The molecule has 2 aliphatic rings. The monoisotopic (exact) mass is 466 g/mol. The molecule has 1 aromatic rings. The number of ether oxygens (including phenoxy) is 1. The minimum absolute atomic E-state index is 0.0403. The van der Waals surface area contributed by atoms with Crippen molar-refractivity contribution in [1.82, 2.24) is 4.90 Å². The Balaban J connectivity index is 1.58. The summed E-state index contributed by atoms with van der Waals surface area (Å²) in [5.41, 5.74) is 6.85. The molecule has 2 fully saturated rings. The van der Waals surface area contributed by atoms with E-state index in [1.165, 1.54) is 17.9 Å². The van der Waals surface area contributed by atoms with Crippen LogP contribution in [0.5, 0.6) is 0 Å². The van der Waals surface area contributed by atoms with E-state index in [9.17, 15) is 18.8 Å². The van der Waals surface area contributed by atoms with Crippen molar-refractivity contribution in [3.05, 3.63) is 24.0 Å². The van der Waals surface area contributed by atoms with Crippen LogP contribution in [0, 0.1) is 5.82 Å². The van der Waals surface area contributed by atoms with E-state index in [-0.39, 0.29) is 17.8 Å². The molecule has 0 unspecified atom stereocenters. The first-order chi connectivity index (χ1) is 15.3. The lowest BCUT2D eigenvalue weighted by molar-refractivity contribution is -0.132. The smallest absolute Gasteiger partial charge is 0.414 e. The van der Waals surface area contributed by atoms with Gasteiger partial charge in [0.2, 0.25) is 5.91 Å². The summed E-state index contributed by atoms with van der Waals surface area (Å²) < 4.78 is 20.2. The van der Waals surface area contributed by atoms with Gasteiger partial charge in [0.25, 0.3) is 0 Å². The maximum Gasteiger partial charge on any atom is 0.414 e. The highest BCUT2D eigenvalue weighted by Crippen LogP contribution is 2.29. The molecule has 2 aliphatic heterocycles. The third-order valence-corrected chi connectivity index (χ3v) is 6.69. The molecule has 3 rings (SSSR count). The van der Waals surface area contributed by atoms with Crippen LogP contribution in [-0.4, -0.2) is 79.1 Å². The highest BCUT2D eigenvalue weighted by atomic mass is 32.2. The second-order valence-corrected chi connectivity index (χ2v) is 9.39. The predicted octanol–water partition coefficient (Wildman–Crippen LogP) is 2.25. The molecule has 2 saturated heterocycles. The first-order valence-electron chi connectivity index (χ1n) is 10.9. The minimum atomic E-state index is -0.532. The van der Waals surface area contributed by atoms with E-state index >= 15 is 0 Å². The standard InChI is InChI=1S/C22H31FN4O4S/c1-3-32-14-19(24)21(29)26-10-8-25(9-11-26)20-7-5-16(12-18(20)23)27-13-17(31-22(27)30)6-4-15(2)28/h5,7,12,17,19H,3-4,6,8-11,13-14,24H2,1-2H3/t17-,19+/m0/s1. The SMILES string of the molecule is CCSC[C@@H](N)C(=O)N1CCN(c2ccc(N3C[C@H](CCC(C)=O)OC3=O)cc2F)CC1. The fourth-order valence-corrected chi connectivity index (χ4v) is 4.52. The summed E-state index contributed by atoms with van der Waals surface area (Å²) in [5.74, 6) is 1.06. The lowest BCUT2D eigenvalue weighted by Crippen LogP contribution is -2.54. The molecule has 2 heterocycles. The number of hydrogen-bond acceptors (Lipinski definition) is 7. The first-order valence-corrected chi connectivity index (χ1v) is 12.1. The molecule has 0 saturated carbocycles. The van der Waals surface area contributed by atoms with Crippen LogP contribution in [0.1, 0.15) is 26.7 Å². The van der Waals surface area contributed by atoms with Crippen molar-refractivity contribution in [2.24, 2.45) is 5.73 Å². The summed E-state index contributed by atoms with van der Waals surface area (Å²) in [4.78, 5) is 40.9. The Bertz CT molecular complexity index is 847. The van der Waals surface area contributed by atoms with Crippen LogP contribution in [0.2, 0.25) is 0 Å². The average molecular weight is 467 g/mol. The molecule has 32 heavy (non-hydrogen) atoms. The van der Waals surface area contributed by atoms with Crippen molar-refractivity contribution in [2.75, 3.05) is 54.0 Å². The molecular formula is C22H31FN4O4S. The molecule has 10 heteroatoms. The van der Waals surface area contributed by atoms with Gasteiger partial charge in [-0.15, -0.1) is 0 Å². The third kappa shape index (κ3) is 5.92. The maximum absolute atomic E-state index is 14.9. The summed E-state index contributed by atoms with van der Waals surface area (Å²) in [7, 11) is 0. The van der Waals surface area contributed by atoms with Gasteiger partial charge >= 0.3 is 6.09 Å². The fraction of sp³-hybridized carbons (Fsp3) is 0.591. The third-order valence-electron chi connectivity index (χ3n) is 5.69. The van der Waals surface area contributed by atoms with Gasteiger partial charge in [-0.2, -0.15) is 11.8 Å². The van der Waals surface area contributed by atoms with Crippen LogP contribution < -0.4 is 15.5 Å². The topological polar surface area (TPSA) is 96.2 Å². The Morgan fingerprint density at radius 3 is 2.62 bits per heavy atom. The van der Waals surface area contributed by atoms with Crippen molar-refractivity contribution in [3.63, 3.8) is 0 Å². The van der Waals surface area contributed by atoms with E-state index in [1.807, 2.05) is 11.8 Å². The number of halogens is 1. The number of cyclic esters (lactones) is 1. The van der Waals surface area contributed by atoms with E-state index in [4.69, 9.17) is 10.5 Å². The molecule has 1 aromatic carbocycles. The van der Waals surface area contributed by atoms with E-state index in [1.54, 1.807) is 28.8 Å². The summed E-state index contributed by atoms with van der Waals surface area (Å²) in [6.45, 7) is 5.81. The van der Waals surface area contributed by atoms with Crippen molar-refractivity contribution < 1.29 is 23.5 Å². The summed E-state index contributed by atoms with van der Waals surface area (Å²) in [6.07, 6.45) is -0.102. The van der Waals surface area contributed by atoms with Crippen molar-refractivity contribution >= 4 is 40.9 Å². The normalized spacial score (nSPS) is 19.8. The number of ketones is 1. The highest BCUT2D eigenvalue weighted by molar-refractivity contribution is 7.99.